The summed E-state index contributed by atoms with van der Waals surface area (Å²) in [5.74, 6) is 0. The molecule has 0 atom stereocenters. The van der Waals surface area contributed by atoms with Crippen LogP contribution in [0.15, 0.2) is 0 Å². The molecule has 14 heavy (non-hydrogen) atoms. The smallest absolute Gasteiger partial charge is 0.0982 e. The monoisotopic (exact) mass is 200 g/mol. The van der Waals surface area contributed by atoms with Crippen LogP contribution in [0.1, 0.15) is 59.8 Å². The highest BCUT2D eigenvalue weighted by molar-refractivity contribution is 4.77. The lowest BCUT2D eigenvalue weighted by molar-refractivity contribution is -0.943. The molecule has 1 nitrogen and oxygen atoms in total. The normalized spacial score (nSPS) is 13.3. The van der Waals surface area contributed by atoms with Crippen LogP contribution in [0.3, 0.4) is 0 Å². The van der Waals surface area contributed by atoms with Crippen LogP contribution in [0.2, 0.25) is 0 Å². The Morgan fingerprint density at radius 1 is 0.857 bits per heavy atom. The van der Waals surface area contributed by atoms with E-state index in [1.165, 1.54) is 43.1 Å². The lowest BCUT2D eigenvalue weighted by atomic mass is 9.84. The third-order valence-corrected chi connectivity index (χ3v) is 4.10. The lowest BCUT2D eigenvalue weighted by Crippen LogP contribution is -2.59. The number of rotatable bonds is 7. The fourth-order valence-electron chi connectivity index (χ4n) is 3.02. The van der Waals surface area contributed by atoms with E-state index in [2.05, 4.69) is 41.8 Å². The highest BCUT2D eigenvalue weighted by Gasteiger charge is 2.40. The third-order valence-electron chi connectivity index (χ3n) is 4.10. The summed E-state index contributed by atoms with van der Waals surface area (Å²) in [4.78, 5) is 0. The van der Waals surface area contributed by atoms with Gasteiger partial charge >= 0.3 is 0 Å². The van der Waals surface area contributed by atoms with Gasteiger partial charge in [0, 0.05) is 6.42 Å². The Kier molecular flexibility index (Phi) is 5.73. The highest BCUT2D eigenvalue weighted by atomic mass is 15.4. The maximum absolute atomic E-state index is 2.41. The van der Waals surface area contributed by atoms with Crippen LogP contribution < -0.4 is 0 Å². The molecule has 0 N–H and O–H groups in total. The zero-order valence-electron chi connectivity index (χ0n) is 11.2. The van der Waals surface area contributed by atoms with Crippen molar-refractivity contribution in [3.05, 3.63) is 0 Å². The molecule has 0 aliphatic heterocycles. The van der Waals surface area contributed by atoms with Crippen LogP contribution in [-0.2, 0) is 0 Å². The number of hydrogen-bond acceptors (Lipinski definition) is 0. The molecular weight excluding hydrogens is 170 g/mol. The van der Waals surface area contributed by atoms with Crippen molar-refractivity contribution in [3.63, 3.8) is 0 Å². The summed E-state index contributed by atoms with van der Waals surface area (Å²) in [6.45, 7) is 10.6. The quantitative estimate of drug-likeness (QED) is 0.548. The maximum atomic E-state index is 2.41. The Hall–Kier alpha value is -0.0400. The average Bonchev–Trinajstić information content (AvgIpc) is 2.13. The molecule has 86 valence electrons. The molecule has 0 spiro atoms. The average molecular weight is 200 g/mol. The third kappa shape index (κ3) is 2.73. The van der Waals surface area contributed by atoms with E-state index in [1.807, 2.05) is 0 Å². The van der Waals surface area contributed by atoms with E-state index in [9.17, 15) is 0 Å². The minimum absolute atomic E-state index is 0.519. The SMILES string of the molecule is CCCC(CC)(CC)[N+](C)(C)CCC. The Balaban J connectivity index is 4.75. The molecule has 0 unspecified atom stereocenters. The first-order chi connectivity index (χ1) is 6.49. The van der Waals surface area contributed by atoms with E-state index < -0.39 is 0 Å². The van der Waals surface area contributed by atoms with E-state index in [0.717, 1.165) is 0 Å². The van der Waals surface area contributed by atoms with E-state index in [-0.39, 0.29) is 0 Å². The van der Waals surface area contributed by atoms with Gasteiger partial charge in [0.2, 0.25) is 0 Å². The molecule has 1 heteroatoms. The molecule has 0 fully saturated rings. The predicted molar refractivity (Wildman–Crippen MR) is 65.5 cm³/mol. The van der Waals surface area contributed by atoms with Crippen molar-refractivity contribution in [3.8, 4) is 0 Å². The van der Waals surface area contributed by atoms with Gasteiger partial charge in [-0.15, -0.1) is 0 Å². The molecule has 0 aliphatic rings. The van der Waals surface area contributed by atoms with Crippen molar-refractivity contribution in [2.24, 2.45) is 0 Å². The van der Waals surface area contributed by atoms with Crippen LogP contribution in [0.4, 0.5) is 0 Å². The van der Waals surface area contributed by atoms with Crippen molar-refractivity contribution >= 4 is 0 Å². The maximum Gasteiger partial charge on any atom is 0.0982 e. The van der Waals surface area contributed by atoms with Gasteiger partial charge in [-0.05, 0) is 19.3 Å². The second-order valence-corrected chi connectivity index (χ2v) is 5.09. The molecule has 0 radical (unpaired) electrons. The topological polar surface area (TPSA) is 0 Å². The van der Waals surface area contributed by atoms with Gasteiger partial charge in [-0.3, -0.25) is 0 Å². The summed E-state index contributed by atoms with van der Waals surface area (Å²) in [7, 11) is 4.82. The van der Waals surface area contributed by atoms with Crippen LogP contribution in [0, 0.1) is 0 Å². The molecule has 0 aromatic carbocycles. The van der Waals surface area contributed by atoms with Crippen LogP contribution in [0.5, 0.6) is 0 Å². The molecule has 0 aromatic heterocycles. The Labute approximate surface area is 91.1 Å². The van der Waals surface area contributed by atoms with Gasteiger partial charge in [-0.1, -0.05) is 34.1 Å². The van der Waals surface area contributed by atoms with Gasteiger partial charge in [-0.25, -0.2) is 0 Å². The zero-order chi connectivity index (χ0) is 11.2. The largest absolute Gasteiger partial charge is 0.324 e. The first-order valence-electron chi connectivity index (χ1n) is 6.32. The number of nitrogens with zero attached hydrogens (tertiary/aromatic N) is 1. The second-order valence-electron chi connectivity index (χ2n) is 5.09. The summed E-state index contributed by atoms with van der Waals surface area (Å²) in [5, 5.41) is 0. The van der Waals surface area contributed by atoms with Crippen molar-refractivity contribution in [1.82, 2.24) is 0 Å². The Bertz CT molecular complexity index is 145. The predicted octanol–water partition coefficient (Wildman–Crippen LogP) is 3.83. The highest BCUT2D eigenvalue weighted by Crippen LogP contribution is 2.33. The van der Waals surface area contributed by atoms with Crippen LogP contribution in [-0.4, -0.2) is 30.7 Å². The molecule has 0 aliphatic carbocycles. The summed E-state index contributed by atoms with van der Waals surface area (Å²) < 4.78 is 1.20. The molecule has 0 aromatic rings. The van der Waals surface area contributed by atoms with Gasteiger partial charge in [0.05, 0.1) is 26.2 Å². The summed E-state index contributed by atoms with van der Waals surface area (Å²) in [6.07, 6.45) is 6.59. The number of hydrogen-bond donors (Lipinski definition) is 0. The van der Waals surface area contributed by atoms with Gasteiger partial charge in [0.25, 0.3) is 0 Å². The Morgan fingerprint density at radius 3 is 1.64 bits per heavy atom. The molecule has 0 saturated carbocycles. The number of quaternary nitrogens is 1. The summed E-state index contributed by atoms with van der Waals surface area (Å²) in [5.41, 5.74) is 0.519. The standard InChI is InChI=1S/C13H30N/c1-7-11-13(9-3,10-4)14(5,6)12-8-2/h7-12H2,1-6H3/q+1. The molecule has 0 amide bonds. The minimum Gasteiger partial charge on any atom is -0.324 e. The second kappa shape index (κ2) is 5.75. The van der Waals surface area contributed by atoms with Gasteiger partial charge in [-0.2, -0.15) is 0 Å². The van der Waals surface area contributed by atoms with Crippen LogP contribution >= 0.6 is 0 Å². The Morgan fingerprint density at radius 2 is 1.36 bits per heavy atom. The fourth-order valence-corrected chi connectivity index (χ4v) is 3.02. The molecule has 0 bridgehead atoms. The van der Waals surface area contributed by atoms with E-state index in [0.29, 0.717) is 5.54 Å². The molecule has 0 saturated heterocycles. The van der Waals surface area contributed by atoms with Gasteiger partial charge in [0.1, 0.15) is 0 Å². The van der Waals surface area contributed by atoms with Crippen molar-refractivity contribution in [1.29, 1.82) is 0 Å². The van der Waals surface area contributed by atoms with Crippen molar-refractivity contribution in [2.45, 2.75) is 65.3 Å². The first-order valence-corrected chi connectivity index (χ1v) is 6.32. The molecular formula is C13H30N+. The van der Waals surface area contributed by atoms with Crippen molar-refractivity contribution < 1.29 is 4.48 Å². The summed E-state index contributed by atoms with van der Waals surface area (Å²) >= 11 is 0. The van der Waals surface area contributed by atoms with E-state index in [4.69, 9.17) is 0 Å². The van der Waals surface area contributed by atoms with E-state index in [1.54, 1.807) is 0 Å². The lowest BCUT2D eigenvalue weighted by Gasteiger charge is -2.48. The van der Waals surface area contributed by atoms with Crippen LogP contribution in [0.25, 0.3) is 0 Å². The van der Waals surface area contributed by atoms with Gasteiger partial charge in [0.15, 0.2) is 0 Å². The first kappa shape index (κ1) is 14.0. The zero-order valence-corrected chi connectivity index (χ0v) is 11.2. The van der Waals surface area contributed by atoms with Crippen molar-refractivity contribution in [2.75, 3.05) is 20.6 Å². The van der Waals surface area contributed by atoms with E-state index >= 15 is 0 Å². The molecule has 0 heterocycles. The summed E-state index contributed by atoms with van der Waals surface area (Å²) in [6, 6.07) is 0. The minimum atomic E-state index is 0.519. The van der Waals surface area contributed by atoms with Gasteiger partial charge < -0.3 is 4.48 Å². The fraction of sp³-hybridized carbons (Fsp3) is 1.00. The molecule has 0 rings (SSSR count).